The van der Waals surface area contributed by atoms with Gasteiger partial charge in [-0.25, -0.2) is 0 Å². The molecule has 0 bridgehead atoms. The van der Waals surface area contributed by atoms with E-state index in [9.17, 15) is 14.4 Å². The molecule has 2 N–H and O–H groups in total. The van der Waals surface area contributed by atoms with Gasteiger partial charge in [0.25, 0.3) is 5.91 Å². The van der Waals surface area contributed by atoms with Crippen LogP contribution in [0.5, 0.6) is 0 Å². The lowest BCUT2D eigenvalue weighted by molar-refractivity contribution is -0.141. The number of carbonyl (C=O) groups excluding carboxylic acids is 3. The molecule has 0 radical (unpaired) electrons. The first-order valence-electron chi connectivity index (χ1n) is 7.94. The van der Waals surface area contributed by atoms with Crippen molar-refractivity contribution < 1.29 is 19.1 Å². The number of hydrogen-bond acceptors (Lipinski definition) is 4. The van der Waals surface area contributed by atoms with Gasteiger partial charge in [-0.1, -0.05) is 46.3 Å². The molecule has 26 heavy (non-hydrogen) atoms. The van der Waals surface area contributed by atoms with E-state index in [1.165, 1.54) is 7.11 Å². The van der Waals surface area contributed by atoms with Gasteiger partial charge in [-0.2, -0.15) is 0 Å². The van der Waals surface area contributed by atoms with Gasteiger partial charge in [0.1, 0.15) is 12.6 Å². The fourth-order valence-electron chi connectivity index (χ4n) is 2.25. The molecular formula is C19H19BrN2O4. The Balaban J connectivity index is 2.11. The lowest BCUT2D eigenvalue weighted by atomic mass is 10.0. The second-order valence-electron chi connectivity index (χ2n) is 5.52. The van der Waals surface area contributed by atoms with Gasteiger partial charge in [0.15, 0.2) is 0 Å². The Morgan fingerprint density at radius 1 is 1.04 bits per heavy atom. The van der Waals surface area contributed by atoms with Gasteiger partial charge in [-0.3, -0.25) is 14.4 Å². The van der Waals surface area contributed by atoms with Crippen LogP contribution < -0.4 is 10.6 Å². The Hall–Kier alpha value is -2.67. The number of rotatable bonds is 7. The summed E-state index contributed by atoms with van der Waals surface area (Å²) in [7, 11) is 1.24. The third-order valence-electron chi connectivity index (χ3n) is 3.65. The average molecular weight is 419 g/mol. The van der Waals surface area contributed by atoms with Gasteiger partial charge >= 0.3 is 5.97 Å². The van der Waals surface area contributed by atoms with Crippen molar-refractivity contribution in [2.45, 2.75) is 12.5 Å². The molecule has 0 aliphatic rings. The Kier molecular flexibility index (Phi) is 7.35. The lowest BCUT2D eigenvalue weighted by Crippen LogP contribution is -2.49. The van der Waals surface area contributed by atoms with Gasteiger partial charge in [0.05, 0.1) is 7.11 Å². The van der Waals surface area contributed by atoms with E-state index in [-0.39, 0.29) is 12.5 Å². The van der Waals surface area contributed by atoms with Crippen molar-refractivity contribution in [3.8, 4) is 0 Å². The molecule has 0 aromatic heterocycles. The third kappa shape index (κ3) is 6.00. The number of hydrogen-bond donors (Lipinski definition) is 2. The molecule has 0 fully saturated rings. The predicted octanol–water partition coefficient (Wildman–Crippen LogP) is 2.08. The third-order valence-corrected chi connectivity index (χ3v) is 4.17. The topological polar surface area (TPSA) is 84.5 Å². The Bertz CT molecular complexity index is 763. The molecule has 0 unspecified atom stereocenters. The molecule has 0 heterocycles. The molecule has 2 amide bonds. The molecule has 2 rings (SSSR count). The van der Waals surface area contributed by atoms with Crippen molar-refractivity contribution in [2.75, 3.05) is 13.7 Å². The van der Waals surface area contributed by atoms with Gasteiger partial charge in [-0.15, -0.1) is 0 Å². The van der Waals surface area contributed by atoms with Crippen LogP contribution in [0.15, 0.2) is 59.1 Å². The SMILES string of the molecule is COC(=O)CNC(=O)[C@H](Cc1ccc(Br)cc1)NC(=O)c1ccccc1. The first kappa shape index (κ1) is 19.7. The van der Waals surface area contributed by atoms with Crippen molar-refractivity contribution in [1.82, 2.24) is 10.6 Å². The first-order valence-corrected chi connectivity index (χ1v) is 8.74. The van der Waals surface area contributed by atoms with E-state index in [4.69, 9.17) is 0 Å². The van der Waals surface area contributed by atoms with Crippen LogP contribution in [0.2, 0.25) is 0 Å². The van der Waals surface area contributed by atoms with Crippen LogP contribution in [0.25, 0.3) is 0 Å². The lowest BCUT2D eigenvalue weighted by Gasteiger charge is -2.18. The summed E-state index contributed by atoms with van der Waals surface area (Å²) >= 11 is 3.36. The zero-order valence-corrected chi connectivity index (χ0v) is 15.8. The highest BCUT2D eigenvalue weighted by molar-refractivity contribution is 9.10. The summed E-state index contributed by atoms with van der Waals surface area (Å²) < 4.78 is 5.43. The quantitative estimate of drug-likeness (QED) is 0.674. The Labute approximate surface area is 160 Å². The maximum absolute atomic E-state index is 12.5. The highest BCUT2D eigenvalue weighted by Crippen LogP contribution is 2.12. The highest BCUT2D eigenvalue weighted by atomic mass is 79.9. The van der Waals surface area contributed by atoms with E-state index in [1.54, 1.807) is 30.3 Å². The van der Waals surface area contributed by atoms with E-state index in [1.807, 2.05) is 24.3 Å². The van der Waals surface area contributed by atoms with Gasteiger partial charge in [0, 0.05) is 16.5 Å². The molecule has 6 nitrogen and oxygen atoms in total. The molecule has 2 aromatic carbocycles. The number of amides is 2. The molecule has 2 aromatic rings. The minimum absolute atomic E-state index is 0.257. The van der Waals surface area contributed by atoms with E-state index < -0.39 is 17.9 Å². The van der Waals surface area contributed by atoms with Crippen LogP contribution in [0.4, 0.5) is 0 Å². The summed E-state index contributed by atoms with van der Waals surface area (Å²) in [5.41, 5.74) is 1.33. The number of carbonyl (C=O) groups is 3. The fraction of sp³-hybridized carbons (Fsp3) is 0.211. The second kappa shape index (κ2) is 9.72. The first-order chi connectivity index (χ1) is 12.5. The van der Waals surface area contributed by atoms with Crippen LogP contribution in [-0.4, -0.2) is 37.5 Å². The van der Waals surface area contributed by atoms with Gasteiger partial charge in [0.2, 0.25) is 5.91 Å². The molecule has 0 spiro atoms. The molecule has 7 heteroatoms. The zero-order valence-electron chi connectivity index (χ0n) is 14.2. The van der Waals surface area contributed by atoms with Crippen molar-refractivity contribution >= 4 is 33.7 Å². The smallest absolute Gasteiger partial charge is 0.325 e. The molecule has 0 aliphatic heterocycles. The minimum atomic E-state index is -0.825. The van der Waals surface area contributed by atoms with E-state index in [2.05, 4.69) is 31.3 Å². The normalized spacial score (nSPS) is 11.3. The van der Waals surface area contributed by atoms with E-state index in [0.717, 1.165) is 10.0 Å². The average Bonchev–Trinajstić information content (AvgIpc) is 2.67. The number of ether oxygens (including phenoxy) is 1. The summed E-state index contributed by atoms with van der Waals surface area (Å²) in [5.74, 6) is -1.38. The van der Waals surface area contributed by atoms with Crippen LogP contribution in [0, 0.1) is 0 Å². The molecular weight excluding hydrogens is 400 g/mol. The summed E-state index contributed by atoms with van der Waals surface area (Å²) in [6.07, 6.45) is 0.291. The van der Waals surface area contributed by atoms with Crippen LogP contribution in [-0.2, 0) is 20.7 Å². The highest BCUT2D eigenvalue weighted by Gasteiger charge is 2.22. The van der Waals surface area contributed by atoms with E-state index >= 15 is 0 Å². The fourth-order valence-corrected chi connectivity index (χ4v) is 2.52. The summed E-state index contributed by atoms with van der Waals surface area (Å²) in [6.45, 7) is -0.257. The van der Waals surface area contributed by atoms with Gasteiger partial charge in [-0.05, 0) is 29.8 Å². The summed E-state index contributed by atoms with van der Waals surface area (Å²) in [4.78, 5) is 36.1. The molecule has 136 valence electrons. The largest absolute Gasteiger partial charge is 0.468 e. The van der Waals surface area contributed by atoms with Gasteiger partial charge < -0.3 is 15.4 Å². The number of nitrogens with one attached hydrogen (secondary N) is 2. The maximum atomic E-state index is 12.5. The number of methoxy groups -OCH3 is 1. The Morgan fingerprint density at radius 2 is 1.69 bits per heavy atom. The standard InChI is InChI=1S/C19H19BrN2O4/c1-26-17(23)12-21-19(25)16(11-13-7-9-15(20)10-8-13)22-18(24)14-5-3-2-4-6-14/h2-10,16H,11-12H2,1H3,(H,21,25)(H,22,24)/t16-/m0/s1. The Morgan fingerprint density at radius 3 is 2.31 bits per heavy atom. The van der Waals surface area contributed by atoms with Crippen molar-refractivity contribution in [3.05, 3.63) is 70.2 Å². The minimum Gasteiger partial charge on any atom is -0.468 e. The molecule has 1 atom stereocenters. The summed E-state index contributed by atoms with van der Waals surface area (Å²) in [6, 6.07) is 15.2. The number of benzene rings is 2. The number of esters is 1. The zero-order chi connectivity index (χ0) is 18.9. The van der Waals surface area contributed by atoms with Crippen molar-refractivity contribution in [2.24, 2.45) is 0 Å². The summed E-state index contributed by atoms with van der Waals surface area (Å²) in [5, 5.41) is 5.21. The second-order valence-corrected chi connectivity index (χ2v) is 6.43. The van der Waals surface area contributed by atoms with Crippen LogP contribution in [0.3, 0.4) is 0 Å². The van der Waals surface area contributed by atoms with Crippen LogP contribution >= 0.6 is 15.9 Å². The number of halogens is 1. The van der Waals surface area contributed by atoms with Crippen molar-refractivity contribution in [1.29, 1.82) is 0 Å². The van der Waals surface area contributed by atoms with Crippen LogP contribution in [0.1, 0.15) is 15.9 Å². The predicted molar refractivity (Wildman–Crippen MR) is 101 cm³/mol. The maximum Gasteiger partial charge on any atom is 0.325 e. The monoisotopic (exact) mass is 418 g/mol. The molecule has 0 saturated carbocycles. The van der Waals surface area contributed by atoms with Crippen molar-refractivity contribution in [3.63, 3.8) is 0 Å². The van der Waals surface area contributed by atoms with E-state index in [0.29, 0.717) is 12.0 Å². The molecule has 0 aliphatic carbocycles. The molecule has 0 saturated heterocycles.